The second-order valence-electron chi connectivity index (χ2n) is 4.38. The number of rotatable bonds is 3. The van der Waals surface area contributed by atoms with E-state index in [9.17, 15) is 9.59 Å². The Bertz CT molecular complexity index is 265. The lowest BCUT2D eigenvalue weighted by Gasteiger charge is -2.37. The van der Waals surface area contributed by atoms with E-state index in [1.807, 2.05) is 6.92 Å². The topological polar surface area (TPSA) is 49.4 Å². The fourth-order valence-corrected chi connectivity index (χ4v) is 1.82. The van der Waals surface area contributed by atoms with Crippen molar-refractivity contribution in [1.82, 2.24) is 10.2 Å². The maximum absolute atomic E-state index is 11.8. The third-order valence-corrected chi connectivity index (χ3v) is 3.30. The van der Waals surface area contributed by atoms with Crippen LogP contribution in [-0.2, 0) is 9.59 Å². The summed E-state index contributed by atoms with van der Waals surface area (Å²) >= 11 is 0. The summed E-state index contributed by atoms with van der Waals surface area (Å²) < 4.78 is 0. The number of carbonyl (C=O) groups is 2. The van der Waals surface area contributed by atoms with Crippen LogP contribution in [0.15, 0.2) is 0 Å². The Morgan fingerprint density at radius 1 is 1.47 bits per heavy atom. The van der Waals surface area contributed by atoms with Gasteiger partial charge in [0.2, 0.25) is 11.8 Å². The molecule has 2 amide bonds. The van der Waals surface area contributed by atoms with Gasteiger partial charge in [0.25, 0.3) is 0 Å². The number of amides is 2. The van der Waals surface area contributed by atoms with Crippen LogP contribution >= 0.6 is 0 Å². The normalized spacial score (nSPS) is 26.1. The molecule has 0 aliphatic carbocycles. The van der Waals surface area contributed by atoms with Crippen LogP contribution in [0.3, 0.4) is 0 Å². The molecule has 4 nitrogen and oxygen atoms in total. The fraction of sp³-hybridized carbons (Fsp3) is 0.818. The predicted molar refractivity (Wildman–Crippen MR) is 58.2 cm³/mol. The minimum Gasteiger partial charge on any atom is -0.343 e. The van der Waals surface area contributed by atoms with Gasteiger partial charge in [-0.3, -0.25) is 9.59 Å². The summed E-state index contributed by atoms with van der Waals surface area (Å²) in [4.78, 5) is 24.9. The van der Waals surface area contributed by atoms with Crippen LogP contribution in [0.1, 0.15) is 34.1 Å². The zero-order chi connectivity index (χ0) is 11.6. The molecule has 1 N–H and O–H groups in total. The lowest BCUT2D eigenvalue weighted by Crippen LogP contribution is -2.60. The molecule has 0 aromatic heterocycles. The quantitative estimate of drug-likeness (QED) is 0.751. The van der Waals surface area contributed by atoms with Crippen molar-refractivity contribution in [3.05, 3.63) is 0 Å². The molecule has 1 heterocycles. The smallest absolute Gasteiger partial charge is 0.245 e. The summed E-state index contributed by atoms with van der Waals surface area (Å²) in [7, 11) is 0. The molecule has 0 saturated carbocycles. The van der Waals surface area contributed by atoms with Crippen LogP contribution in [0, 0.1) is 5.92 Å². The van der Waals surface area contributed by atoms with Crippen molar-refractivity contribution in [2.24, 2.45) is 5.92 Å². The van der Waals surface area contributed by atoms with Gasteiger partial charge in [-0.15, -0.1) is 0 Å². The summed E-state index contributed by atoms with van der Waals surface area (Å²) in [5.41, 5.74) is 0. The Labute approximate surface area is 91.0 Å². The Hall–Kier alpha value is -1.06. The minimum atomic E-state index is -0.377. The molecule has 4 heteroatoms. The van der Waals surface area contributed by atoms with Crippen molar-refractivity contribution >= 4 is 11.8 Å². The molecular formula is C11H20N2O2. The van der Waals surface area contributed by atoms with Gasteiger partial charge in [-0.2, -0.15) is 0 Å². The van der Waals surface area contributed by atoms with Gasteiger partial charge in [-0.25, -0.2) is 0 Å². The molecule has 1 aliphatic heterocycles. The molecule has 15 heavy (non-hydrogen) atoms. The van der Waals surface area contributed by atoms with Crippen LogP contribution in [0.5, 0.6) is 0 Å². The van der Waals surface area contributed by atoms with Gasteiger partial charge in [0.15, 0.2) is 0 Å². The van der Waals surface area contributed by atoms with Crippen molar-refractivity contribution in [3.8, 4) is 0 Å². The second-order valence-corrected chi connectivity index (χ2v) is 4.38. The molecule has 86 valence electrons. The van der Waals surface area contributed by atoms with E-state index in [-0.39, 0.29) is 30.4 Å². The highest BCUT2D eigenvalue weighted by Gasteiger charge is 2.33. The van der Waals surface area contributed by atoms with Crippen molar-refractivity contribution in [2.75, 3.05) is 6.54 Å². The predicted octanol–water partition coefficient (Wildman–Crippen LogP) is 0.768. The fourth-order valence-electron chi connectivity index (χ4n) is 1.82. The van der Waals surface area contributed by atoms with Gasteiger partial charge in [-0.1, -0.05) is 20.3 Å². The van der Waals surface area contributed by atoms with Crippen LogP contribution in [0.2, 0.25) is 0 Å². The van der Waals surface area contributed by atoms with E-state index in [1.54, 1.807) is 11.8 Å². The molecule has 3 unspecified atom stereocenters. The first-order valence-corrected chi connectivity index (χ1v) is 5.57. The molecule has 3 atom stereocenters. The standard InChI is InChI=1S/C11H20N2O2/c1-5-7(2)9(4)13-6-10(14)12-8(3)11(13)15/h7-9H,5-6H2,1-4H3,(H,12,14). The van der Waals surface area contributed by atoms with Gasteiger partial charge >= 0.3 is 0 Å². The zero-order valence-electron chi connectivity index (χ0n) is 9.91. The Kier molecular flexibility index (Phi) is 3.72. The Balaban J connectivity index is 2.74. The number of nitrogens with zero attached hydrogens (tertiary/aromatic N) is 1. The number of piperazine rings is 1. The molecule has 1 rings (SSSR count). The van der Waals surface area contributed by atoms with E-state index in [4.69, 9.17) is 0 Å². The van der Waals surface area contributed by atoms with Gasteiger partial charge in [0.05, 0.1) is 6.54 Å². The van der Waals surface area contributed by atoms with E-state index < -0.39 is 0 Å². The number of nitrogens with one attached hydrogen (secondary N) is 1. The lowest BCUT2D eigenvalue weighted by molar-refractivity contribution is -0.146. The molecule has 0 bridgehead atoms. The maximum Gasteiger partial charge on any atom is 0.245 e. The van der Waals surface area contributed by atoms with Crippen molar-refractivity contribution in [3.63, 3.8) is 0 Å². The molecule has 0 radical (unpaired) electrons. The summed E-state index contributed by atoms with van der Waals surface area (Å²) in [5, 5.41) is 2.64. The van der Waals surface area contributed by atoms with Gasteiger partial charge in [-0.05, 0) is 19.8 Å². The minimum absolute atomic E-state index is 0.0300. The average molecular weight is 212 g/mol. The van der Waals surface area contributed by atoms with Gasteiger partial charge in [0, 0.05) is 6.04 Å². The van der Waals surface area contributed by atoms with Crippen molar-refractivity contribution in [2.45, 2.75) is 46.2 Å². The molecule has 0 aromatic rings. The third-order valence-electron chi connectivity index (χ3n) is 3.30. The first kappa shape index (κ1) is 12.0. The monoisotopic (exact) mass is 212 g/mol. The first-order valence-electron chi connectivity index (χ1n) is 5.57. The molecule has 0 aromatic carbocycles. The molecule has 0 spiro atoms. The molecular weight excluding hydrogens is 192 g/mol. The van der Waals surface area contributed by atoms with E-state index >= 15 is 0 Å². The summed E-state index contributed by atoms with van der Waals surface area (Å²) in [5.74, 6) is 0.395. The average Bonchev–Trinajstić information content (AvgIpc) is 2.21. The summed E-state index contributed by atoms with van der Waals surface area (Å²) in [6, 6.07) is -0.242. The van der Waals surface area contributed by atoms with Crippen molar-refractivity contribution < 1.29 is 9.59 Å². The molecule has 1 aliphatic rings. The highest BCUT2D eigenvalue weighted by atomic mass is 16.2. The largest absolute Gasteiger partial charge is 0.343 e. The van der Waals surface area contributed by atoms with Gasteiger partial charge < -0.3 is 10.2 Å². The third kappa shape index (κ3) is 2.49. The SMILES string of the molecule is CCC(C)C(C)N1CC(=O)NC(C)C1=O. The highest BCUT2D eigenvalue weighted by molar-refractivity contribution is 5.94. The van der Waals surface area contributed by atoms with E-state index in [0.717, 1.165) is 6.42 Å². The molecule has 1 saturated heterocycles. The van der Waals surface area contributed by atoms with Crippen LogP contribution in [0.25, 0.3) is 0 Å². The summed E-state index contributed by atoms with van der Waals surface area (Å²) in [6.07, 6.45) is 1.01. The second kappa shape index (κ2) is 4.64. The Morgan fingerprint density at radius 3 is 2.60 bits per heavy atom. The highest BCUT2D eigenvalue weighted by Crippen LogP contribution is 2.16. The van der Waals surface area contributed by atoms with E-state index in [1.165, 1.54) is 0 Å². The van der Waals surface area contributed by atoms with Crippen LogP contribution in [-0.4, -0.2) is 35.3 Å². The Morgan fingerprint density at radius 2 is 2.07 bits per heavy atom. The number of hydrogen-bond donors (Lipinski definition) is 1. The lowest BCUT2D eigenvalue weighted by atomic mass is 9.98. The van der Waals surface area contributed by atoms with Crippen LogP contribution < -0.4 is 5.32 Å². The number of hydrogen-bond acceptors (Lipinski definition) is 2. The summed E-state index contributed by atoms with van der Waals surface area (Å²) in [6.45, 7) is 8.15. The maximum atomic E-state index is 11.8. The zero-order valence-corrected chi connectivity index (χ0v) is 9.91. The van der Waals surface area contributed by atoms with Crippen LogP contribution in [0.4, 0.5) is 0 Å². The number of carbonyl (C=O) groups excluding carboxylic acids is 2. The van der Waals surface area contributed by atoms with E-state index in [0.29, 0.717) is 5.92 Å². The van der Waals surface area contributed by atoms with E-state index in [2.05, 4.69) is 19.2 Å². The van der Waals surface area contributed by atoms with Crippen molar-refractivity contribution in [1.29, 1.82) is 0 Å². The molecule has 1 fully saturated rings. The van der Waals surface area contributed by atoms with Gasteiger partial charge in [0.1, 0.15) is 6.04 Å². The first-order chi connectivity index (χ1) is 6.97.